The molecule has 1 fully saturated rings. The second-order valence-electron chi connectivity index (χ2n) is 5.69. The Labute approximate surface area is 122 Å². The van der Waals surface area contributed by atoms with Gasteiger partial charge in [0.15, 0.2) is 0 Å². The van der Waals surface area contributed by atoms with Crippen molar-refractivity contribution < 1.29 is 18.3 Å². The van der Waals surface area contributed by atoms with Crippen molar-refractivity contribution in [2.45, 2.75) is 25.9 Å². The number of carbonyl (C=O) groups excluding carboxylic acids is 1. The van der Waals surface area contributed by atoms with Gasteiger partial charge in [-0.3, -0.25) is 9.69 Å². The number of hydrogen-bond acceptors (Lipinski definition) is 4. The molecule has 0 atom stereocenters. The fraction of sp³-hybridized carbons (Fsp3) is 0.692. The minimum Gasteiger partial charge on any atom is -0.379 e. The Bertz CT molecular complexity index is 484. The summed E-state index contributed by atoms with van der Waals surface area (Å²) in [6.45, 7) is 4.71. The zero-order valence-corrected chi connectivity index (χ0v) is 12.2. The van der Waals surface area contributed by atoms with E-state index in [0.717, 1.165) is 19.3 Å². The minimum absolute atomic E-state index is 0.00893. The summed E-state index contributed by atoms with van der Waals surface area (Å²) < 4.78 is 30.6. The van der Waals surface area contributed by atoms with Crippen LogP contribution in [0.15, 0.2) is 12.3 Å². The maximum atomic E-state index is 12.4. The first-order valence-electron chi connectivity index (χ1n) is 6.83. The van der Waals surface area contributed by atoms with Crippen LogP contribution < -0.4 is 5.32 Å². The maximum absolute atomic E-state index is 12.4. The van der Waals surface area contributed by atoms with Crippen LogP contribution >= 0.6 is 0 Å². The summed E-state index contributed by atoms with van der Waals surface area (Å²) in [6.07, 6.45) is 1.09. The average molecular weight is 302 g/mol. The van der Waals surface area contributed by atoms with Crippen LogP contribution in [0.4, 0.5) is 8.78 Å². The number of carbonyl (C=O) groups is 1. The van der Waals surface area contributed by atoms with Gasteiger partial charge in [0.2, 0.25) is 0 Å². The lowest BCUT2D eigenvalue weighted by atomic mass is 10.0. The molecular formula is C13H20F2N4O2. The highest BCUT2D eigenvalue weighted by Gasteiger charge is 2.26. The monoisotopic (exact) mass is 302 g/mol. The van der Waals surface area contributed by atoms with E-state index < -0.39 is 18.0 Å². The van der Waals surface area contributed by atoms with Crippen LogP contribution in [0.1, 0.15) is 30.9 Å². The predicted molar refractivity (Wildman–Crippen MR) is 72.3 cm³/mol. The number of morpholine rings is 1. The highest BCUT2D eigenvalue weighted by atomic mass is 19.3. The molecule has 1 amide bonds. The van der Waals surface area contributed by atoms with Gasteiger partial charge in [0.25, 0.3) is 5.91 Å². The van der Waals surface area contributed by atoms with Crippen LogP contribution in [0.2, 0.25) is 0 Å². The van der Waals surface area contributed by atoms with Crippen molar-refractivity contribution in [2.75, 3.05) is 32.8 Å². The fourth-order valence-electron chi connectivity index (χ4n) is 2.30. The molecule has 1 aliphatic rings. The topological polar surface area (TPSA) is 59.4 Å². The Hall–Kier alpha value is -1.54. The number of aromatic nitrogens is 2. The third kappa shape index (κ3) is 4.47. The minimum atomic E-state index is -2.74. The van der Waals surface area contributed by atoms with Gasteiger partial charge in [-0.2, -0.15) is 13.9 Å². The molecule has 118 valence electrons. The number of amides is 1. The van der Waals surface area contributed by atoms with Gasteiger partial charge in [-0.15, -0.1) is 0 Å². The van der Waals surface area contributed by atoms with Crippen LogP contribution in [0.5, 0.6) is 0 Å². The average Bonchev–Trinajstić information content (AvgIpc) is 2.88. The molecule has 2 rings (SSSR count). The molecular weight excluding hydrogens is 282 g/mol. The third-order valence-corrected chi connectivity index (χ3v) is 3.22. The van der Waals surface area contributed by atoms with Crippen molar-refractivity contribution >= 4 is 5.91 Å². The van der Waals surface area contributed by atoms with Crippen molar-refractivity contribution in [1.29, 1.82) is 0 Å². The van der Waals surface area contributed by atoms with E-state index in [1.807, 2.05) is 13.8 Å². The first-order chi connectivity index (χ1) is 9.87. The van der Waals surface area contributed by atoms with E-state index in [4.69, 9.17) is 4.74 Å². The molecule has 0 spiro atoms. The molecule has 0 aromatic carbocycles. The van der Waals surface area contributed by atoms with Gasteiger partial charge >= 0.3 is 6.55 Å². The molecule has 0 radical (unpaired) electrons. The van der Waals surface area contributed by atoms with E-state index in [-0.39, 0.29) is 5.69 Å². The van der Waals surface area contributed by atoms with Crippen LogP contribution in [0.25, 0.3) is 0 Å². The number of halogens is 2. The third-order valence-electron chi connectivity index (χ3n) is 3.22. The smallest absolute Gasteiger partial charge is 0.333 e. The van der Waals surface area contributed by atoms with Gasteiger partial charge in [-0.25, -0.2) is 4.68 Å². The Morgan fingerprint density at radius 1 is 1.48 bits per heavy atom. The SMILES string of the molecule is CC(C)(CN1CCOCC1)NC(=O)c1ccn(C(F)F)n1. The molecule has 0 unspecified atom stereocenters. The van der Waals surface area contributed by atoms with Crippen LogP contribution in [-0.4, -0.2) is 59.0 Å². The molecule has 0 bridgehead atoms. The van der Waals surface area contributed by atoms with Gasteiger partial charge in [0.05, 0.1) is 13.2 Å². The molecule has 1 aromatic heterocycles. The second kappa shape index (κ2) is 6.48. The molecule has 1 saturated heterocycles. The van der Waals surface area contributed by atoms with Crippen molar-refractivity contribution in [2.24, 2.45) is 0 Å². The fourth-order valence-corrected chi connectivity index (χ4v) is 2.30. The summed E-state index contributed by atoms with van der Waals surface area (Å²) in [5, 5.41) is 6.39. The quantitative estimate of drug-likeness (QED) is 0.885. The number of ether oxygens (including phenoxy) is 1. The lowest BCUT2D eigenvalue weighted by Gasteiger charge is -2.35. The molecule has 1 aliphatic heterocycles. The normalized spacial score (nSPS) is 17.2. The largest absolute Gasteiger partial charge is 0.379 e. The second-order valence-corrected chi connectivity index (χ2v) is 5.69. The van der Waals surface area contributed by atoms with Crippen LogP contribution in [0.3, 0.4) is 0 Å². The lowest BCUT2D eigenvalue weighted by Crippen LogP contribution is -2.53. The first kappa shape index (κ1) is 15.8. The van der Waals surface area contributed by atoms with Gasteiger partial charge in [0.1, 0.15) is 5.69 Å². The van der Waals surface area contributed by atoms with E-state index in [9.17, 15) is 13.6 Å². The first-order valence-corrected chi connectivity index (χ1v) is 6.83. The highest BCUT2D eigenvalue weighted by molar-refractivity contribution is 5.92. The predicted octanol–water partition coefficient (Wildman–Crippen LogP) is 1.12. The number of nitrogens with one attached hydrogen (secondary N) is 1. The van der Waals surface area contributed by atoms with Gasteiger partial charge in [-0.1, -0.05) is 0 Å². The summed E-state index contributed by atoms with van der Waals surface area (Å²) >= 11 is 0. The zero-order valence-electron chi connectivity index (χ0n) is 12.2. The number of rotatable bonds is 5. The molecule has 21 heavy (non-hydrogen) atoms. The molecule has 8 heteroatoms. The Kier molecular flexibility index (Phi) is 4.89. The number of nitrogens with zero attached hydrogens (tertiary/aromatic N) is 3. The maximum Gasteiger partial charge on any atom is 0.333 e. The molecule has 2 heterocycles. The van der Waals surface area contributed by atoms with Crippen molar-refractivity contribution in [3.8, 4) is 0 Å². The number of alkyl halides is 2. The van der Waals surface area contributed by atoms with E-state index in [1.54, 1.807) is 0 Å². The van der Waals surface area contributed by atoms with E-state index in [1.165, 1.54) is 6.07 Å². The van der Waals surface area contributed by atoms with Gasteiger partial charge in [-0.05, 0) is 19.9 Å². The van der Waals surface area contributed by atoms with E-state index in [2.05, 4.69) is 15.3 Å². The highest BCUT2D eigenvalue weighted by Crippen LogP contribution is 2.11. The molecule has 1 aromatic rings. The van der Waals surface area contributed by atoms with E-state index >= 15 is 0 Å². The van der Waals surface area contributed by atoms with Gasteiger partial charge < -0.3 is 10.1 Å². The van der Waals surface area contributed by atoms with Crippen LogP contribution in [0, 0.1) is 0 Å². The van der Waals surface area contributed by atoms with Crippen molar-refractivity contribution in [3.05, 3.63) is 18.0 Å². The summed E-state index contributed by atoms with van der Waals surface area (Å²) in [5.74, 6) is -0.451. The molecule has 1 N–H and O–H groups in total. The van der Waals surface area contributed by atoms with Crippen LogP contribution in [-0.2, 0) is 4.74 Å². The lowest BCUT2D eigenvalue weighted by molar-refractivity contribution is 0.0268. The summed E-state index contributed by atoms with van der Waals surface area (Å²) in [7, 11) is 0. The Balaban J connectivity index is 1.92. The summed E-state index contributed by atoms with van der Waals surface area (Å²) in [4.78, 5) is 14.3. The zero-order chi connectivity index (χ0) is 15.5. The van der Waals surface area contributed by atoms with E-state index in [0.29, 0.717) is 24.4 Å². The molecule has 0 aliphatic carbocycles. The standard InChI is InChI=1S/C13H20F2N4O2/c1-13(2,9-18-5-7-21-8-6-18)16-11(20)10-3-4-19(17-10)12(14)15/h3-4,12H,5-9H2,1-2H3,(H,16,20). The molecule has 0 saturated carbocycles. The summed E-state index contributed by atoms with van der Waals surface area (Å²) in [6, 6.07) is 1.28. The van der Waals surface area contributed by atoms with Crippen molar-refractivity contribution in [3.63, 3.8) is 0 Å². The Morgan fingerprint density at radius 2 is 2.14 bits per heavy atom. The summed E-state index contributed by atoms with van der Waals surface area (Å²) in [5.41, 5.74) is -0.492. The van der Waals surface area contributed by atoms with Gasteiger partial charge in [0, 0.05) is 31.4 Å². The molecule has 6 nitrogen and oxygen atoms in total. The Morgan fingerprint density at radius 3 is 2.71 bits per heavy atom. The number of hydrogen-bond donors (Lipinski definition) is 1. The van der Waals surface area contributed by atoms with Crippen molar-refractivity contribution in [1.82, 2.24) is 20.0 Å².